The maximum absolute atomic E-state index is 15.9. The van der Waals surface area contributed by atoms with Crippen molar-refractivity contribution in [1.29, 1.82) is 0 Å². The molecule has 14 heteroatoms. The van der Waals surface area contributed by atoms with Gasteiger partial charge in [0.15, 0.2) is 6.10 Å². The van der Waals surface area contributed by atoms with E-state index in [2.05, 4.69) is 11.9 Å². The van der Waals surface area contributed by atoms with Gasteiger partial charge < -0.3 is 19.7 Å². The van der Waals surface area contributed by atoms with Gasteiger partial charge in [-0.25, -0.2) is 9.36 Å². The average Bonchev–Trinajstić information content (AvgIpc) is 3.28. The number of phosphoric ester groups is 1. The van der Waals surface area contributed by atoms with Crippen LogP contribution in [0, 0.1) is 6.92 Å². The molecule has 1 fully saturated rings. The molecule has 2 N–H and O–H groups in total. The quantitative estimate of drug-likeness (QED) is 0.0818. The van der Waals surface area contributed by atoms with Crippen molar-refractivity contribution in [2.45, 2.75) is 141 Å². The van der Waals surface area contributed by atoms with E-state index in [1.807, 2.05) is 13.0 Å². The van der Waals surface area contributed by atoms with Gasteiger partial charge in [-0.2, -0.15) is 13.8 Å². The van der Waals surface area contributed by atoms with E-state index in [0.29, 0.717) is 16.6 Å². The van der Waals surface area contributed by atoms with Crippen LogP contribution in [0.1, 0.15) is 121 Å². The molecular formula is C34H50F2N3O8P. The molecule has 0 bridgehead atoms. The van der Waals surface area contributed by atoms with E-state index in [-0.39, 0.29) is 24.6 Å². The number of fused-ring (bicyclic) bond motifs is 1. The van der Waals surface area contributed by atoms with Gasteiger partial charge in [-0.1, -0.05) is 103 Å². The fourth-order valence-electron chi connectivity index (χ4n) is 5.98. The third kappa shape index (κ3) is 10.6. The molecule has 1 aromatic heterocycles. The number of anilines is 1. The van der Waals surface area contributed by atoms with Gasteiger partial charge in [-0.3, -0.25) is 18.4 Å². The number of hydrogen-bond acceptors (Lipinski definition) is 10. The molecule has 2 aromatic rings. The third-order valence-electron chi connectivity index (χ3n) is 8.79. The molecule has 4 rings (SSSR count). The number of nitrogens with zero attached hydrogens (tertiary/aromatic N) is 2. The Labute approximate surface area is 281 Å². The number of halogens is 2. The zero-order valence-corrected chi connectivity index (χ0v) is 29.0. The third-order valence-corrected chi connectivity index (χ3v) is 10.1. The number of hydrogen-bond donors (Lipinski definition) is 1. The normalized spacial score (nSPS) is 23.0. The van der Waals surface area contributed by atoms with Gasteiger partial charge in [0.1, 0.15) is 17.7 Å². The topological polar surface area (TPSA) is 141 Å². The Balaban J connectivity index is 1.27. The van der Waals surface area contributed by atoms with E-state index in [0.717, 1.165) is 37.4 Å². The zero-order valence-electron chi connectivity index (χ0n) is 28.1. The number of nitrogen functional groups attached to an aromatic ring is 1. The monoisotopic (exact) mass is 697 g/mol. The van der Waals surface area contributed by atoms with Crippen LogP contribution in [0.3, 0.4) is 0 Å². The number of ether oxygens (including phenoxy) is 2. The van der Waals surface area contributed by atoms with Crippen LogP contribution in [-0.2, 0) is 34.5 Å². The molecule has 3 unspecified atom stereocenters. The summed E-state index contributed by atoms with van der Waals surface area (Å²) in [5.74, 6) is -4.59. The number of rotatable bonds is 20. The highest BCUT2D eigenvalue weighted by atomic mass is 31.2. The van der Waals surface area contributed by atoms with Crippen LogP contribution in [0.2, 0.25) is 0 Å². The van der Waals surface area contributed by atoms with Crippen molar-refractivity contribution in [3.8, 4) is 5.75 Å². The first-order valence-electron chi connectivity index (χ1n) is 17.3. The molecule has 268 valence electrons. The van der Waals surface area contributed by atoms with Crippen molar-refractivity contribution in [2.24, 2.45) is 0 Å². The Bertz CT molecular complexity index is 1440. The summed E-state index contributed by atoms with van der Waals surface area (Å²) in [6, 6.07) is 6.31. The number of aryl methyl sites for hydroxylation is 1. The molecule has 0 amide bonds. The second kappa shape index (κ2) is 18.2. The van der Waals surface area contributed by atoms with Crippen molar-refractivity contribution in [3.63, 3.8) is 0 Å². The van der Waals surface area contributed by atoms with Gasteiger partial charge in [0.2, 0.25) is 6.23 Å². The van der Waals surface area contributed by atoms with Crippen LogP contribution >= 0.6 is 7.82 Å². The molecule has 0 saturated carbocycles. The van der Waals surface area contributed by atoms with Crippen LogP contribution < -0.4 is 15.9 Å². The minimum absolute atomic E-state index is 0.0624. The minimum atomic E-state index is -4.24. The molecule has 0 spiro atoms. The van der Waals surface area contributed by atoms with Crippen LogP contribution in [0.4, 0.5) is 14.6 Å². The number of aromatic nitrogens is 2. The Morgan fingerprint density at radius 1 is 1.02 bits per heavy atom. The van der Waals surface area contributed by atoms with Crippen molar-refractivity contribution < 1.29 is 41.2 Å². The first-order chi connectivity index (χ1) is 23.0. The van der Waals surface area contributed by atoms with Crippen molar-refractivity contribution in [2.75, 3.05) is 12.3 Å². The molecule has 2 aliphatic heterocycles. The van der Waals surface area contributed by atoms with E-state index in [4.69, 9.17) is 28.8 Å². The number of carbonyl (C=O) groups is 1. The van der Waals surface area contributed by atoms with E-state index >= 15 is 8.78 Å². The van der Waals surface area contributed by atoms with Gasteiger partial charge in [0.25, 0.3) is 0 Å². The van der Waals surface area contributed by atoms with E-state index in [1.54, 1.807) is 12.1 Å². The van der Waals surface area contributed by atoms with Gasteiger partial charge in [-0.15, -0.1) is 0 Å². The fraction of sp³-hybridized carbons (Fsp3) is 0.676. The molecule has 0 radical (unpaired) electrons. The first-order valence-corrected chi connectivity index (χ1v) is 18.7. The lowest BCUT2D eigenvalue weighted by Gasteiger charge is -2.27. The molecular weight excluding hydrogens is 647 g/mol. The lowest BCUT2D eigenvalue weighted by Crippen LogP contribution is -2.44. The summed E-state index contributed by atoms with van der Waals surface area (Å²) in [4.78, 5) is 28.7. The van der Waals surface area contributed by atoms with E-state index < -0.39 is 50.4 Å². The summed E-state index contributed by atoms with van der Waals surface area (Å²) < 4.78 is 72.6. The maximum atomic E-state index is 15.9. The molecule has 2 aliphatic rings. The molecule has 3 heterocycles. The smallest absolute Gasteiger partial charge is 0.453 e. The van der Waals surface area contributed by atoms with Gasteiger partial charge in [-0.05, 0) is 31.0 Å². The fourth-order valence-corrected chi connectivity index (χ4v) is 7.19. The standard InChI is InChI=1S/C34H50F2N3O8P/c1-3-4-5-6-7-8-9-10-11-12-13-14-15-16-20-30(40)46-31-28(45-32(34(31,35)36)39-22-21-29(37)38-33(39)41)24-44-48(42)43-23-26-25(2)18-17-19-27(26)47-48/h17-19,21-22,28,31-32H,3-16,20,23-24H2,1-2H3,(H2,37,38,41)/t28?,31-,32?,48?/m1/s1. The SMILES string of the molecule is CCCCCCCCCCCCCCCCC(=O)O[C@@H]1C(COP2(=O)OCc3c(C)cccc3O2)OC(n2ccc(N)nc2=O)C1(F)F. The Morgan fingerprint density at radius 2 is 1.65 bits per heavy atom. The summed E-state index contributed by atoms with van der Waals surface area (Å²) in [6.45, 7) is 3.25. The average molecular weight is 698 g/mol. The number of phosphoric acid groups is 1. The van der Waals surface area contributed by atoms with Crippen molar-refractivity contribution in [1.82, 2.24) is 9.55 Å². The summed E-state index contributed by atoms with van der Waals surface area (Å²) in [7, 11) is -4.24. The maximum Gasteiger partial charge on any atom is 0.530 e. The number of unbranched alkanes of at least 4 members (excludes halogenated alkanes) is 13. The lowest BCUT2D eigenvalue weighted by molar-refractivity contribution is -0.176. The molecule has 4 atom stereocenters. The summed E-state index contributed by atoms with van der Waals surface area (Å²) >= 11 is 0. The van der Waals surface area contributed by atoms with E-state index in [9.17, 15) is 14.2 Å². The van der Waals surface area contributed by atoms with Gasteiger partial charge in [0, 0.05) is 18.2 Å². The summed E-state index contributed by atoms with van der Waals surface area (Å²) in [5, 5.41) is 0. The minimum Gasteiger partial charge on any atom is -0.453 e. The Kier molecular flexibility index (Phi) is 14.4. The molecule has 48 heavy (non-hydrogen) atoms. The van der Waals surface area contributed by atoms with Gasteiger partial charge in [0.05, 0.1) is 13.2 Å². The van der Waals surface area contributed by atoms with Crippen LogP contribution in [-0.4, -0.2) is 40.3 Å². The van der Waals surface area contributed by atoms with Gasteiger partial charge >= 0.3 is 25.4 Å². The highest BCUT2D eigenvalue weighted by molar-refractivity contribution is 7.49. The first kappa shape index (κ1) is 38.0. The number of esters is 1. The second-order valence-electron chi connectivity index (χ2n) is 12.7. The highest BCUT2D eigenvalue weighted by Crippen LogP contribution is 2.56. The Morgan fingerprint density at radius 3 is 2.27 bits per heavy atom. The predicted octanol–water partition coefficient (Wildman–Crippen LogP) is 8.18. The number of benzene rings is 1. The van der Waals surface area contributed by atoms with Crippen LogP contribution in [0.25, 0.3) is 0 Å². The number of alkyl halides is 2. The number of carbonyl (C=O) groups excluding carboxylic acids is 1. The second-order valence-corrected chi connectivity index (χ2v) is 14.3. The molecule has 1 saturated heterocycles. The van der Waals surface area contributed by atoms with Crippen LogP contribution in [0.15, 0.2) is 35.3 Å². The van der Waals surface area contributed by atoms with Crippen molar-refractivity contribution >= 4 is 19.6 Å². The predicted molar refractivity (Wildman–Crippen MR) is 177 cm³/mol. The summed E-state index contributed by atoms with van der Waals surface area (Å²) in [5.41, 5.74) is 5.99. The lowest BCUT2D eigenvalue weighted by atomic mass is 10.0. The summed E-state index contributed by atoms with van der Waals surface area (Å²) in [6.07, 6.45) is 11.0. The largest absolute Gasteiger partial charge is 0.530 e. The van der Waals surface area contributed by atoms with Crippen LogP contribution in [0.5, 0.6) is 5.75 Å². The molecule has 11 nitrogen and oxygen atoms in total. The zero-order chi connectivity index (χ0) is 34.6. The highest BCUT2D eigenvalue weighted by Gasteiger charge is 2.63. The van der Waals surface area contributed by atoms with Crippen molar-refractivity contribution in [3.05, 3.63) is 52.1 Å². The number of nitrogens with two attached hydrogens (primary N) is 1. The van der Waals surface area contributed by atoms with E-state index in [1.165, 1.54) is 63.9 Å². The molecule has 0 aliphatic carbocycles. The molecule has 1 aromatic carbocycles. The Hall–Kier alpha value is -2.86.